The van der Waals surface area contributed by atoms with Gasteiger partial charge in [-0.05, 0) is 12.5 Å². The summed E-state index contributed by atoms with van der Waals surface area (Å²) in [6.45, 7) is 1.81. The van der Waals surface area contributed by atoms with Crippen molar-refractivity contribution >= 4 is 7.60 Å². The first-order valence-corrected chi connectivity index (χ1v) is 7.55. The van der Waals surface area contributed by atoms with E-state index < -0.39 is 12.9 Å². The zero-order valence-electron chi connectivity index (χ0n) is 11.8. The Morgan fingerprint density at radius 2 is 1.85 bits per heavy atom. The molecule has 1 aromatic carbocycles. The zero-order chi connectivity index (χ0) is 15.1. The molecule has 0 aromatic heterocycles. The van der Waals surface area contributed by atoms with Gasteiger partial charge in [-0.25, -0.2) is 0 Å². The summed E-state index contributed by atoms with van der Waals surface area (Å²) >= 11 is 0. The van der Waals surface area contributed by atoms with Crippen molar-refractivity contribution in [3.63, 3.8) is 0 Å². The smallest absolute Gasteiger partial charge is 0.368 e. The Kier molecular flexibility index (Phi) is 6.41. The number of hydrogen-bond acceptors (Lipinski definition) is 5. The van der Waals surface area contributed by atoms with Crippen molar-refractivity contribution in [1.82, 2.24) is 0 Å². The van der Waals surface area contributed by atoms with Crippen molar-refractivity contribution < 1.29 is 23.5 Å². The minimum Gasteiger partial charge on any atom is -0.368 e. The SMILES string of the molecule is COP(=O)(OC)[C@@](C)(O)C#CCOCc1ccccc1. The highest BCUT2D eigenvalue weighted by molar-refractivity contribution is 7.55. The molecule has 0 fully saturated rings. The third-order valence-corrected chi connectivity index (χ3v) is 4.76. The third kappa shape index (κ3) is 4.45. The lowest BCUT2D eigenvalue weighted by molar-refractivity contribution is 0.138. The van der Waals surface area contributed by atoms with Crippen molar-refractivity contribution in [3.05, 3.63) is 35.9 Å². The lowest BCUT2D eigenvalue weighted by atomic mass is 10.2. The van der Waals surface area contributed by atoms with E-state index in [9.17, 15) is 9.67 Å². The van der Waals surface area contributed by atoms with E-state index >= 15 is 0 Å². The molecule has 0 aliphatic rings. The van der Waals surface area contributed by atoms with Gasteiger partial charge in [0.05, 0.1) is 6.61 Å². The Balaban J connectivity index is 2.51. The van der Waals surface area contributed by atoms with E-state index in [4.69, 9.17) is 13.8 Å². The zero-order valence-corrected chi connectivity index (χ0v) is 12.7. The largest absolute Gasteiger partial charge is 0.373 e. The van der Waals surface area contributed by atoms with Gasteiger partial charge in [0.15, 0.2) is 0 Å². The molecule has 0 spiro atoms. The van der Waals surface area contributed by atoms with Gasteiger partial charge in [-0.2, -0.15) is 0 Å². The number of benzene rings is 1. The van der Waals surface area contributed by atoms with Gasteiger partial charge in [0.2, 0.25) is 5.34 Å². The fourth-order valence-electron chi connectivity index (χ4n) is 1.50. The molecule has 0 heterocycles. The van der Waals surface area contributed by atoms with E-state index in [2.05, 4.69) is 11.8 Å². The fourth-order valence-corrected chi connectivity index (χ4v) is 2.57. The average molecular weight is 298 g/mol. The van der Waals surface area contributed by atoms with Gasteiger partial charge in [-0.3, -0.25) is 4.57 Å². The molecule has 0 aliphatic heterocycles. The first kappa shape index (κ1) is 16.9. The summed E-state index contributed by atoms with van der Waals surface area (Å²) in [7, 11) is -1.26. The van der Waals surface area contributed by atoms with Crippen LogP contribution in [-0.2, 0) is 25.0 Å². The van der Waals surface area contributed by atoms with Crippen molar-refractivity contribution in [2.24, 2.45) is 0 Å². The van der Waals surface area contributed by atoms with Crippen LogP contribution in [0.3, 0.4) is 0 Å². The molecule has 5 nitrogen and oxygen atoms in total. The molecule has 110 valence electrons. The number of aliphatic hydroxyl groups is 1. The Bertz CT molecular complexity index is 507. The van der Waals surface area contributed by atoms with Crippen molar-refractivity contribution in [2.75, 3.05) is 20.8 Å². The van der Waals surface area contributed by atoms with E-state index in [1.54, 1.807) is 0 Å². The highest BCUT2D eigenvalue weighted by Crippen LogP contribution is 2.57. The van der Waals surface area contributed by atoms with Crippen molar-refractivity contribution in [2.45, 2.75) is 18.9 Å². The predicted molar refractivity (Wildman–Crippen MR) is 76.1 cm³/mol. The Morgan fingerprint density at radius 1 is 1.25 bits per heavy atom. The summed E-state index contributed by atoms with van der Waals surface area (Å²) in [5.74, 6) is 5.07. The maximum Gasteiger partial charge on any atom is 0.373 e. The first-order valence-electron chi connectivity index (χ1n) is 6.01. The summed E-state index contributed by atoms with van der Waals surface area (Å²) in [5, 5.41) is 8.14. The van der Waals surface area contributed by atoms with Gasteiger partial charge in [0.25, 0.3) is 0 Å². The van der Waals surface area contributed by atoms with Crippen molar-refractivity contribution in [1.29, 1.82) is 0 Å². The molecule has 0 saturated carbocycles. The average Bonchev–Trinajstić information content (AvgIpc) is 2.46. The molecule has 1 N–H and O–H groups in total. The van der Waals surface area contributed by atoms with Gasteiger partial charge in [0.1, 0.15) is 6.61 Å². The van der Waals surface area contributed by atoms with Gasteiger partial charge in [-0.15, -0.1) is 0 Å². The summed E-state index contributed by atoms with van der Waals surface area (Å²) in [6.07, 6.45) is 0. The maximum absolute atomic E-state index is 12.0. The van der Waals surface area contributed by atoms with Gasteiger partial charge in [-0.1, -0.05) is 42.2 Å². The molecular weight excluding hydrogens is 279 g/mol. The summed E-state index contributed by atoms with van der Waals surface area (Å²) < 4.78 is 26.8. The van der Waals surface area contributed by atoms with Crippen LogP contribution in [-0.4, -0.2) is 31.3 Å². The second-order valence-electron chi connectivity index (χ2n) is 4.16. The van der Waals surface area contributed by atoms with E-state index in [1.807, 2.05) is 30.3 Å². The van der Waals surface area contributed by atoms with Gasteiger partial charge < -0.3 is 18.9 Å². The quantitative estimate of drug-likeness (QED) is 0.496. The molecule has 1 rings (SSSR count). The van der Waals surface area contributed by atoms with Crippen LogP contribution in [0.4, 0.5) is 0 Å². The molecule has 1 atom stereocenters. The molecule has 0 aliphatic carbocycles. The lowest BCUT2D eigenvalue weighted by Gasteiger charge is -2.24. The first-order chi connectivity index (χ1) is 9.45. The lowest BCUT2D eigenvalue weighted by Crippen LogP contribution is -2.23. The molecule has 0 amide bonds. The molecule has 0 unspecified atom stereocenters. The fraction of sp³-hybridized carbons (Fsp3) is 0.429. The van der Waals surface area contributed by atoms with Crippen LogP contribution in [0.25, 0.3) is 0 Å². The predicted octanol–water partition coefficient (Wildman–Crippen LogP) is 2.40. The number of rotatable bonds is 6. The molecule has 20 heavy (non-hydrogen) atoms. The number of hydrogen-bond donors (Lipinski definition) is 1. The number of ether oxygens (including phenoxy) is 1. The normalized spacial score (nSPS) is 14.2. The van der Waals surface area contributed by atoms with Crippen LogP contribution < -0.4 is 0 Å². The van der Waals surface area contributed by atoms with Crippen molar-refractivity contribution in [3.8, 4) is 11.8 Å². The summed E-state index contributed by atoms with van der Waals surface area (Å²) in [4.78, 5) is 0. The summed E-state index contributed by atoms with van der Waals surface area (Å²) in [5.41, 5.74) is 1.03. The van der Waals surface area contributed by atoms with E-state index in [0.717, 1.165) is 5.56 Å². The molecule has 0 saturated heterocycles. The monoisotopic (exact) mass is 298 g/mol. The second kappa shape index (κ2) is 7.58. The van der Waals surface area contributed by atoms with Gasteiger partial charge in [0, 0.05) is 14.2 Å². The maximum atomic E-state index is 12.0. The standard InChI is InChI=1S/C14H19O5P/c1-14(15,20(16,17-2)18-3)10-7-11-19-12-13-8-5-4-6-9-13/h4-6,8-9,15H,11-12H2,1-3H3/t14-/m1/s1. The molecule has 6 heteroatoms. The Labute approximate surface area is 119 Å². The topological polar surface area (TPSA) is 65.0 Å². The Morgan fingerprint density at radius 3 is 2.40 bits per heavy atom. The molecule has 0 bridgehead atoms. The molecule has 1 aromatic rings. The minimum absolute atomic E-state index is 0.110. The Hall–Kier alpha value is -1.15. The molecule has 0 radical (unpaired) electrons. The van der Waals surface area contributed by atoms with Crippen LogP contribution in [0.1, 0.15) is 12.5 Å². The minimum atomic E-state index is -3.66. The van der Waals surface area contributed by atoms with Gasteiger partial charge >= 0.3 is 7.60 Å². The highest BCUT2D eigenvalue weighted by Gasteiger charge is 2.43. The van der Waals surface area contributed by atoms with E-state index in [1.165, 1.54) is 21.1 Å². The van der Waals surface area contributed by atoms with Crippen LogP contribution in [0.5, 0.6) is 0 Å². The van der Waals surface area contributed by atoms with E-state index in [0.29, 0.717) is 6.61 Å². The van der Waals surface area contributed by atoms with Crippen LogP contribution in [0.15, 0.2) is 30.3 Å². The van der Waals surface area contributed by atoms with Crippen LogP contribution >= 0.6 is 7.60 Å². The molecular formula is C14H19O5P. The highest BCUT2D eigenvalue weighted by atomic mass is 31.2. The second-order valence-corrected chi connectivity index (χ2v) is 6.76. The summed E-state index contributed by atoms with van der Waals surface area (Å²) in [6, 6.07) is 9.64. The third-order valence-electron chi connectivity index (χ3n) is 2.62. The van der Waals surface area contributed by atoms with Crippen LogP contribution in [0.2, 0.25) is 0 Å². The van der Waals surface area contributed by atoms with Crippen LogP contribution in [0, 0.1) is 11.8 Å². The van der Waals surface area contributed by atoms with E-state index in [-0.39, 0.29) is 6.61 Å².